The summed E-state index contributed by atoms with van der Waals surface area (Å²) in [6.45, 7) is 8.61. The third kappa shape index (κ3) is 4.91. The molecule has 1 heterocycles. The smallest absolute Gasteiger partial charge is 0.229 e. The SMILES string of the molecule is CCCCC(CC)C(=O)Nc1nc(-c2ccc(C(C)C)cc2)cs1. The molecule has 0 saturated heterocycles. The summed E-state index contributed by atoms with van der Waals surface area (Å²) in [5.41, 5.74) is 3.34. The Bertz CT molecular complexity index is 646. The summed E-state index contributed by atoms with van der Waals surface area (Å²) in [6, 6.07) is 8.50. The van der Waals surface area contributed by atoms with Crippen molar-refractivity contribution in [2.75, 3.05) is 5.32 Å². The van der Waals surface area contributed by atoms with Crippen LogP contribution in [0.25, 0.3) is 11.3 Å². The van der Waals surface area contributed by atoms with Crippen molar-refractivity contribution in [3.63, 3.8) is 0 Å². The zero-order valence-electron chi connectivity index (χ0n) is 15.1. The molecule has 0 saturated carbocycles. The van der Waals surface area contributed by atoms with Gasteiger partial charge in [0.25, 0.3) is 0 Å². The van der Waals surface area contributed by atoms with Crippen LogP contribution in [0, 0.1) is 5.92 Å². The summed E-state index contributed by atoms with van der Waals surface area (Å²) >= 11 is 1.49. The van der Waals surface area contributed by atoms with Gasteiger partial charge in [-0.15, -0.1) is 11.3 Å². The van der Waals surface area contributed by atoms with Gasteiger partial charge in [0.15, 0.2) is 5.13 Å². The van der Waals surface area contributed by atoms with Crippen LogP contribution in [-0.2, 0) is 4.79 Å². The summed E-state index contributed by atoms with van der Waals surface area (Å²) in [4.78, 5) is 16.9. The summed E-state index contributed by atoms with van der Waals surface area (Å²) < 4.78 is 0. The molecule has 0 aliphatic heterocycles. The summed E-state index contributed by atoms with van der Waals surface area (Å²) in [5, 5.41) is 5.69. The van der Waals surface area contributed by atoms with E-state index in [1.165, 1.54) is 16.9 Å². The molecule has 1 N–H and O–H groups in total. The maximum absolute atomic E-state index is 12.4. The topological polar surface area (TPSA) is 42.0 Å². The number of aromatic nitrogens is 1. The predicted molar refractivity (Wildman–Crippen MR) is 104 cm³/mol. The molecular weight excluding hydrogens is 316 g/mol. The Morgan fingerprint density at radius 3 is 2.50 bits per heavy atom. The Balaban J connectivity index is 2.03. The van der Waals surface area contributed by atoms with E-state index in [0.29, 0.717) is 11.0 Å². The number of anilines is 1. The van der Waals surface area contributed by atoms with Gasteiger partial charge >= 0.3 is 0 Å². The van der Waals surface area contributed by atoms with Gasteiger partial charge in [-0.25, -0.2) is 4.98 Å². The van der Waals surface area contributed by atoms with E-state index in [4.69, 9.17) is 0 Å². The van der Waals surface area contributed by atoms with Gasteiger partial charge < -0.3 is 5.32 Å². The predicted octanol–water partition coefficient (Wildman–Crippen LogP) is 6.09. The fourth-order valence-electron chi connectivity index (χ4n) is 2.68. The van der Waals surface area contributed by atoms with Crippen molar-refractivity contribution in [3.05, 3.63) is 35.2 Å². The number of rotatable bonds is 8. The number of nitrogens with one attached hydrogen (secondary N) is 1. The Morgan fingerprint density at radius 1 is 1.21 bits per heavy atom. The lowest BCUT2D eigenvalue weighted by Gasteiger charge is -2.12. The maximum atomic E-state index is 12.4. The standard InChI is InChI=1S/C20H28N2OS/c1-5-7-8-15(6-2)19(23)22-20-21-18(13-24-20)17-11-9-16(10-12-17)14(3)4/h9-15H,5-8H2,1-4H3,(H,21,22,23). The first-order valence-electron chi connectivity index (χ1n) is 8.91. The Kier molecular flexibility index (Phi) is 6.98. The lowest BCUT2D eigenvalue weighted by atomic mass is 9.99. The van der Waals surface area contributed by atoms with Crippen LogP contribution >= 0.6 is 11.3 Å². The molecule has 2 rings (SSSR count). The first-order chi connectivity index (χ1) is 11.5. The first-order valence-corrected chi connectivity index (χ1v) is 9.79. The lowest BCUT2D eigenvalue weighted by Crippen LogP contribution is -2.22. The van der Waals surface area contributed by atoms with Gasteiger partial charge in [-0.2, -0.15) is 0 Å². The zero-order chi connectivity index (χ0) is 17.5. The van der Waals surface area contributed by atoms with E-state index < -0.39 is 0 Å². The van der Waals surface area contributed by atoms with Crippen molar-refractivity contribution < 1.29 is 4.79 Å². The molecule has 0 radical (unpaired) electrons. The van der Waals surface area contributed by atoms with Crippen LogP contribution in [0.3, 0.4) is 0 Å². The summed E-state index contributed by atoms with van der Waals surface area (Å²) in [6.07, 6.45) is 4.04. The fraction of sp³-hybridized carbons (Fsp3) is 0.500. The van der Waals surface area contributed by atoms with Gasteiger partial charge in [0.2, 0.25) is 5.91 Å². The molecule has 0 aliphatic carbocycles. The lowest BCUT2D eigenvalue weighted by molar-refractivity contribution is -0.120. The van der Waals surface area contributed by atoms with E-state index in [1.54, 1.807) is 0 Å². The number of thiazole rings is 1. The van der Waals surface area contributed by atoms with Crippen LogP contribution in [0.15, 0.2) is 29.6 Å². The van der Waals surface area contributed by atoms with Crippen LogP contribution in [0.1, 0.15) is 64.9 Å². The van der Waals surface area contributed by atoms with E-state index in [-0.39, 0.29) is 11.8 Å². The van der Waals surface area contributed by atoms with Gasteiger partial charge in [0, 0.05) is 16.9 Å². The zero-order valence-corrected chi connectivity index (χ0v) is 16.0. The summed E-state index contributed by atoms with van der Waals surface area (Å²) in [5.74, 6) is 0.711. The number of unbranched alkanes of at least 4 members (excludes halogenated alkanes) is 1. The van der Waals surface area contributed by atoms with Crippen molar-refractivity contribution in [1.82, 2.24) is 4.98 Å². The van der Waals surface area contributed by atoms with Crippen molar-refractivity contribution in [3.8, 4) is 11.3 Å². The molecule has 130 valence electrons. The molecule has 4 heteroatoms. The highest BCUT2D eigenvalue weighted by Crippen LogP contribution is 2.27. The average Bonchev–Trinajstić information content (AvgIpc) is 3.04. The molecular formula is C20H28N2OS. The molecule has 1 unspecified atom stereocenters. The molecule has 0 fully saturated rings. The van der Waals surface area contributed by atoms with Gasteiger partial charge in [-0.1, -0.05) is 64.8 Å². The first kappa shape index (κ1) is 18.7. The van der Waals surface area contributed by atoms with E-state index in [0.717, 1.165) is 36.9 Å². The molecule has 2 aromatic rings. The number of carbonyl (C=O) groups is 1. The number of hydrogen-bond donors (Lipinski definition) is 1. The number of nitrogens with zero attached hydrogens (tertiary/aromatic N) is 1. The van der Waals surface area contributed by atoms with Crippen LogP contribution in [0.4, 0.5) is 5.13 Å². The van der Waals surface area contributed by atoms with E-state index in [2.05, 4.69) is 62.3 Å². The molecule has 3 nitrogen and oxygen atoms in total. The third-order valence-corrected chi connectivity index (χ3v) is 5.13. The second kappa shape index (κ2) is 8.97. The van der Waals surface area contributed by atoms with Crippen molar-refractivity contribution >= 4 is 22.4 Å². The van der Waals surface area contributed by atoms with Crippen LogP contribution in [0.5, 0.6) is 0 Å². The van der Waals surface area contributed by atoms with Crippen molar-refractivity contribution in [2.24, 2.45) is 5.92 Å². The Morgan fingerprint density at radius 2 is 1.92 bits per heavy atom. The fourth-order valence-corrected chi connectivity index (χ4v) is 3.40. The minimum absolute atomic E-state index is 0.0858. The molecule has 0 bridgehead atoms. The largest absolute Gasteiger partial charge is 0.302 e. The number of benzene rings is 1. The Hall–Kier alpha value is -1.68. The van der Waals surface area contributed by atoms with Crippen LogP contribution in [-0.4, -0.2) is 10.9 Å². The van der Waals surface area contributed by atoms with E-state index in [9.17, 15) is 4.79 Å². The normalized spacial score (nSPS) is 12.4. The second-order valence-corrected chi connectivity index (χ2v) is 7.41. The van der Waals surface area contributed by atoms with Gasteiger partial charge in [0.1, 0.15) is 0 Å². The van der Waals surface area contributed by atoms with Gasteiger partial charge in [-0.3, -0.25) is 4.79 Å². The maximum Gasteiger partial charge on any atom is 0.229 e. The highest BCUT2D eigenvalue weighted by molar-refractivity contribution is 7.14. The molecule has 0 aliphatic rings. The number of amides is 1. The van der Waals surface area contributed by atoms with Crippen LogP contribution in [0.2, 0.25) is 0 Å². The van der Waals surface area contributed by atoms with Gasteiger partial charge in [0.05, 0.1) is 5.69 Å². The molecule has 1 aromatic heterocycles. The quantitative estimate of drug-likeness (QED) is 0.629. The average molecular weight is 345 g/mol. The molecule has 24 heavy (non-hydrogen) atoms. The second-order valence-electron chi connectivity index (χ2n) is 6.55. The molecule has 1 amide bonds. The highest BCUT2D eigenvalue weighted by Gasteiger charge is 2.17. The minimum atomic E-state index is 0.0858. The van der Waals surface area contributed by atoms with Crippen molar-refractivity contribution in [2.45, 2.75) is 59.3 Å². The van der Waals surface area contributed by atoms with E-state index in [1.807, 2.05) is 5.38 Å². The molecule has 1 atom stereocenters. The minimum Gasteiger partial charge on any atom is -0.302 e. The number of carbonyl (C=O) groups excluding carboxylic acids is 1. The van der Waals surface area contributed by atoms with E-state index >= 15 is 0 Å². The third-order valence-electron chi connectivity index (χ3n) is 4.38. The highest BCUT2D eigenvalue weighted by atomic mass is 32.1. The monoisotopic (exact) mass is 344 g/mol. The summed E-state index contributed by atoms with van der Waals surface area (Å²) in [7, 11) is 0. The van der Waals surface area contributed by atoms with Crippen molar-refractivity contribution in [1.29, 1.82) is 0 Å². The molecule has 1 aromatic carbocycles. The Labute approximate surface area is 149 Å². The van der Waals surface area contributed by atoms with Crippen LogP contribution < -0.4 is 5.32 Å². The van der Waals surface area contributed by atoms with Gasteiger partial charge in [-0.05, 0) is 24.3 Å². The molecule has 0 spiro atoms. The number of hydrogen-bond acceptors (Lipinski definition) is 3.